The summed E-state index contributed by atoms with van der Waals surface area (Å²) in [5.74, 6) is -1.23. The second-order valence-electron chi connectivity index (χ2n) is 7.14. The number of ether oxygens (including phenoxy) is 1. The van der Waals surface area contributed by atoms with Gasteiger partial charge < -0.3 is 14.7 Å². The van der Waals surface area contributed by atoms with Gasteiger partial charge in [-0.25, -0.2) is 0 Å². The number of rotatable bonds is 6. The van der Waals surface area contributed by atoms with Crippen molar-refractivity contribution in [2.24, 2.45) is 5.41 Å². The lowest BCUT2D eigenvalue weighted by Crippen LogP contribution is -2.34. The minimum absolute atomic E-state index is 0.150. The molecule has 0 spiro atoms. The van der Waals surface area contributed by atoms with Crippen molar-refractivity contribution < 1.29 is 19.4 Å². The van der Waals surface area contributed by atoms with Gasteiger partial charge in [0, 0.05) is 30.7 Å². The molecule has 1 aliphatic rings. The number of aliphatic hydroxyl groups is 1. The molecular formula is C19H24ClNO4. The predicted molar refractivity (Wildman–Crippen MR) is 96.5 cm³/mol. The van der Waals surface area contributed by atoms with Crippen LogP contribution in [0.2, 0.25) is 5.02 Å². The van der Waals surface area contributed by atoms with Crippen molar-refractivity contribution in [3.8, 4) is 0 Å². The van der Waals surface area contributed by atoms with Gasteiger partial charge in [-0.3, -0.25) is 9.59 Å². The zero-order valence-electron chi connectivity index (χ0n) is 15.0. The lowest BCUT2D eigenvalue weighted by atomic mass is 9.82. The first kappa shape index (κ1) is 19.5. The summed E-state index contributed by atoms with van der Waals surface area (Å²) in [7, 11) is 1.59. The number of aliphatic hydroxyl groups excluding tert-OH is 1. The van der Waals surface area contributed by atoms with Crippen molar-refractivity contribution >= 4 is 23.3 Å². The summed E-state index contributed by atoms with van der Waals surface area (Å²) in [6.45, 7) is 6.18. The van der Waals surface area contributed by atoms with Crippen LogP contribution < -0.4 is 0 Å². The summed E-state index contributed by atoms with van der Waals surface area (Å²) >= 11 is 5.96. The number of carbonyl (C=O) groups is 2. The molecule has 0 radical (unpaired) electrons. The van der Waals surface area contributed by atoms with E-state index in [-0.39, 0.29) is 11.4 Å². The van der Waals surface area contributed by atoms with Crippen LogP contribution in [0.15, 0.2) is 35.6 Å². The maximum Gasteiger partial charge on any atom is 0.290 e. The molecule has 6 heteroatoms. The summed E-state index contributed by atoms with van der Waals surface area (Å²) in [6, 6.07) is 6.36. The predicted octanol–water partition coefficient (Wildman–Crippen LogP) is 3.69. The van der Waals surface area contributed by atoms with Crippen LogP contribution >= 0.6 is 11.6 Å². The molecule has 1 amide bonds. The van der Waals surface area contributed by atoms with Gasteiger partial charge in [-0.1, -0.05) is 44.5 Å². The van der Waals surface area contributed by atoms with Crippen molar-refractivity contribution in [3.05, 3.63) is 46.2 Å². The zero-order valence-corrected chi connectivity index (χ0v) is 15.8. The Hall–Kier alpha value is -1.85. The number of benzene rings is 1. The quantitative estimate of drug-likeness (QED) is 0.781. The molecule has 0 aromatic heterocycles. The van der Waals surface area contributed by atoms with E-state index in [1.165, 1.54) is 4.90 Å². The first-order valence-electron chi connectivity index (χ1n) is 8.21. The monoisotopic (exact) mass is 365 g/mol. The number of methoxy groups -OCH3 is 1. The molecule has 5 nitrogen and oxygen atoms in total. The fourth-order valence-electron chi connectivity index (χ4n) is 2.89. The number of amides is 1. The van der Waals surface area contributed by atoms with E-state index in [9.17, 15) is 14.7 Å². The molecular weight excluding hydrogens is 342 g/mol. The fraction of sp³-hybridized carbons (Fsp3) is 0.474. The van der Waals surface area contributed by atoms with Gasteiger partial charge in [-0.2, -0.15) is 0 Å². The van der Waals surface area contributed by atoms with Crippen LogP contribution in [0.4, 0.5) is 0 Å². The van der Waals surface area contributed by atoms with Gasteiger partial charge in [0.15, 0.2) is 11.5 Å². The molecule has 1 N–H and O–H groups in total. The second kappa shape index (κ2) is 7.58. The molecule has 1 aliphatic heterocycles. The minimum Gasteiger partial charge on any atom is -0.503 e. The summed E-state index contributed by atoms with van der Waals surface area (Å²) in [5, 5.41) is 11.0. The van der Waals surface area contributed by atoms with Crippen LogP contribution in [0, 0.1) is 5.41 Å². The van der Waals surface area contributed by atoms with Crippen molar-refractivity contribution in [2.75, 3.05) is 20.3 Å². The topological polar surface area (TPSA) is 66.8 Å². The SMILES string of the molecule is COCCCN1C(=O)C(O)=C(C(=O)C(C)(C)C)C1c1ccc(Cl)cc1. The van der Waals surface area contributed by atoms with Crippen LogP contribution in [0.25, 0.3) is 0 Å². The normalized spacial score (nSPS) is 18.2. The van der Waals surface area contributed by atoms with Gasteiger partial charge in [0.05, 0.1) is 11.6 Å². The first-order chi connectivity index (χ1) is 11.7. The maximum absolute atomic E-state index is 12.9. The Morgan fingerprint density at radius 1 is 1.28 bits per heavy atom. The Bertz CT molecular complexity index is 688. The van der Waals surface area contributed by atoms with Crippen molar-refractivity contribution in [1.82, 2.24) is 4.90 Å². The summed E-state index contributed by atoms with van der Waals surface area (Å²) < 4.78 is 5.05. The molecule has 25 heavy (non-hydrogen) atoms. The van der Waals surface area contributed by atoms with Gasteiger partial charge in [0.2, 0.25) is 0 Å². The average molecular weight is 366 g/mol. The van der Waals surface area contributed by atoms with Crippen molar-refractivity contribution in [3.63, 3.8) is 0 Å². The smallest absolute Gasteiger partial charge is 0.290 e. The number of carbonyl (C=O) groups excluding carboxylic acids is 2. The van der Waals surface area contributed by atoms with Gasteiger partial charge >= 0.3 is 0 Å². The molecule has 1 atom stereocenters. The second-order valence-corrected chi connectivity index (χ2v) is 7.58. The molecule has 1 aromatic carbocycles. The highest BCUT2D eigenvalue weighted by molar-refractivity contribution is 6.30. The Kier molecular flexibility index (Phi) is 5.91. The number of nitrogens with zero attached hydrogens (tertiary/aromatic N) is 1. The van der Waals surface area contributed by atoms with E-state index in [0.717, 1.165) is 5.56 Å². The molecule has 0 bridgehead atoms. The Labute approximate surface area is 153 Å². The van der Waals surface area contributed by atoms with E-state index in [1.54, 1.807) is 52.1 Å². The highest BCUT2D eigenvalue weighted by Gasteiger charge is 2.45. The third-order valence-corrected chi connectivity index (χ3v) is 4.41. The molecule has 0 saturated carbocycles. The lowest BCUT2D eigenvalue weighted by Gasteiger charge is -2.29. The van der Waals surface area contributed by atoms with Crippen molar-refractivity contribution in [2.45, 2.75) is 33.2 Å². The molecule has 2 rings (SSSR count). The van der Waals surface area contributed by atoms with Crippen LogP contribution in [-0.4, -0.2) is 42.0 Å². The van der Waals surface area contributed by atoms with E-state index in [1.807, 2.05) is 0 Å². The van der Waals surface area contributed by atoms with Gasteiger partial charge in [0.25, 0.3) is 5.91 Å². The Balaban J connectivity index is 2.48. The molecule has 136 valence electrons. The number of halogens is 1. The number of ketones is 1. The third-order valence-electron chi connectivity index (χ3n) is 4.16. The number of Topliss-reactive ketones (excluding diaryl/α,β-unsaturated/α-hetero) is 1. The Morgan fingerprint density at radius 2 is 1.88 bits per heavy atom. The van der Waals surface area contributed by atoms with Crippen LogP contribution in [0.5, 0.6) is 0 Å². The highest BCUT2D eigenvalue weighted by Crippen LogP contribution is 2.41. The van der Waals surface area contributed by atoms with E-state index >= 15 is 0 Å². The first-order valence-corrected chi connectivity index (χ1v) is 8.59. The van der Waals surface area contributed by atoms with Gasteiger partial charge in [-0.05, 0) is 24.1 Å². The maximum atomic E-state index is 12.9. The average Bonchev–Trinajstić information content (AvgIpc) is 2.79. The van der Waals surface area contributed by atoms with E-state index < -0.39 is 23.1 Å². The van der Waals surface area contributed by atoms with E-state index in [4.69, 9.17) is 16.3 Å². The van der Waals surface area contributed by atoms with E-state index in [2.05, 4.69) is 0 Å². The summed E-state index contributed by atoms with van der Waals surface area (Å²) in [5.41, 5.74) is 0.181. The summed E-state index contributed by atoms with van der Waals surface area (Å²) in [6.07, 6.45) is 0.608. The molecule has 0 fully saturated rings. The van der Waals surface area contributed by atoms with Gasteiger partial charge in [0.1, 0.15) is 0 Å². The van der Waals surface area contributed by atoms with Crippen LogP contribution in [0.1, 0.15) is 38.8 Å². The highest BCUT2D eigenvalue weighted by atomic mass is 35.5. The molecule has 0 aliphatic carbocycles. The fourth-order valence-corrected chi connectivity index (χ4v) is 3.02. The molecule has 1 aromatic rings. The van der Waals surface area contributed by atoms with E-state index in [0.29, 0.717) is 24.6 Å². The minimum atomic E-state index is -0.711. The standard InChI is InChI=1S/C19H24ClNO4/c1-19(2,3)17(23)14-15(12-6-8-13(20)9-7-12)21(10-5-11-25-4)18(24)16(14)22/h6-9,15,22H,5,10-11H2,1-4H3. The zero-order chi connectivity index (χ0) is 18.8. The Morgan fingerprint density at radius 3 is 2.40 bits per heavy atom. The molecule has 0 saturated heterocycles. The molecule has 1 unspecified atom stereocenters. The lowest BCUT2D eigenvalue weighted by molar-refractivity contribution is -0.129. The van der Waals surface area contributed by atoms with Crippen molar-refractivity contribution in [1.29, 1.82) is 0 Å². The van der Waals surface area contributed by atoms with Crippen LogP contribution in [0.3, 0.4) is 0 Å². The van der Waals surface area contributed by atoms with Gasteiger partial charge in [-0.15, -0.1) is 0 Å². The summed E-state index contributed by atoms with van der Waals surface area (Å²) in [4.78, 5) is 27.0. The largest absolute Gasteiger partial charge is 0.503 e. The number of hydrogen-bond donors (Lipinski definition) is 1. The number of hydrogen-bond acceptors (Lipinski definition) is 4. The third kappa shape index (κ3) is 4.05. The van der Waals surface area contributed by atoms with Crippen LogP contribution in [-0.2, 0) is 14.3 Å². The molecule has 1 heterocycles.